The molecule has 0 saturated carbocycles. The van der Waals surface area contributed by atoms with Gasteiger partial charge in [0.05, 0.1) is 34.2 Å². The third-order valence-electron chi connectivity index (χ3n) is 4.93. The third-order valence-corrected chi connectivity index (χ3v) is 5.49. The molecule has 10 heteroatoms. The van der Waals surface area contributed by atoms with E-state index in [0.717, 1.165) is 10.6 Å². The van der Waals surface area contributed by atoms with Crippen molar-refractivity contribution in [1.29, 1.82) is 5.26 Å². The number of amides is 2. The fraction of sp³-hybridized carbons (Fsp3) is 0.0833. The van der Waals surface area contributed by atoms with Gasteiger partial charge in [-0.25, -0.2) is 4.79 Å². The average molecular weight is 494 g/mol. The number of ether oxygens (including phenoxy) is 1. The Morgan fingerprint density at radius 1 is 1.15 bits per heavy atom. The summed E-state index contributed by atoms with van der Waals surface area (Å²) < 4.78 is 7.48. The van der Waals surface area contributed by atoms with Crippen LogP contribution in [0.5, 0.6) is 11.5 Å². The number of anilines is 1. The summed E-state index contributed by atoms with van der Waals surface area (Å²) in [7, 11) is 0. The van der Waals surface area contributed by atoms with Crippen molar-refractivity contribution in [3.8, 4) is 17.6 Å². The normalized spacial score (nSPS) is 13.2. The Morgan fingerprint density at radius 3 is 2.47 bits per heavy atom. The highest BCUT2D eigenvalue weighted by molar-refractivity contribution is 6.37. The third kappa shape index (κ3) is 4.66. The molecule has 2 aromatic carbocycles. The molecule has 3 aromatic rings. The quantitative estimate of drug-likeness (QED) is 0.525. The second kappa shape index (κ2) is 9.43. The molecule has 4 rings (SSSR count). The van der Waals surface area contributed by atoms with Crippen molar-refractivity contribution in [3.05, 3.63) is 98.5 Å². The highest BCUT2D eigenvalue weighted by Gasteiger charge is 2.26. The lowest BCUT2D eigenvalue weighted by Gasteiger charge is -2.24. The molecule has 8 nitrogen and oxygen atoms in total. The average Bonchev–Trinajstić information content (AvgIpc) is 2.80. The van der Waals surface area contributed by atoms with Crippen molar-refractivity contribution in [1.82, 2.24) is 9.88 Å². The molecule has 34 heavy (non-hydrogen) atoms. The van der Waals surface area contributed by atoms with E-state index in [-0.39, 0.29) is 38.5 Å². The number of halogens is 2. The zero-order chi connectivity index (χ0) is 24.4. The summed E-state index contributed by atoms with van der Waals surface area (Å²) in [6.45, 7) is 5.64. The Balaban J connectivity index is 1.66. The lowest BCUT2D eigenvalue weighted by Crippen LogP contribution is -2.42. The van der Waals surface area contributed by atoms with Crippen molar-refractivity contribution in [2.75, 3.05) is 5.01 Å². The molecule has 1 aromatic heterocycles. The first kappa shape index (κ1) is 23.1. The van der Waals surface area contributed by atoms with Crippen LogP contribution in [-0.4, -0.2) is 16.3 Å². The largest absolute Gasteiger partial charge is 0.453 e. The summed E-state index contributed by atoms with van der Waals surface area (Å²) in [5.41, 5.74) is 1.57. The summed E-state index contributed by atoms with van der Waals surface area (Å²) in [5.74, 6) is 0.504. The fourth-order valence-corrected chi connectivity index (χ4v) is 3.85. The SMILES string of the molecule is C=C1NC(=O)N(c2cc(Cl)c(Oc3cc(C)c(=O)n(Cc4ccccc4)c3)c(Cl)c2)N=C1C#N. The fourth-order valence-electron chi connectivity index (χ4n) is 3.30. The number of aryl methyl sites for hydroxylation is 1. The number of nitriles is 1. The lowest BCUT2D eigenvalue weighted by molar-refractivity contribution is 0.248. The van der Waals surface area contributed by atoms with Gasteiger partial charge in [-0.1, -0.05) is 60.1 Å². The molecule has 0 atom stereocenters. The Morgan fingerprint density at radius 2 is 1.82 bits per heavy atom. The maximum absolute atomic E-state index is 12.6. The summed E-state index contributed by atoms with van der Waals surface area (Å²) in [6, 6.07) is 15.2. The van der Waals surface area contributed by atoms with Crippen LogP contribution in [0.2, 0.25) is 10.0 Å². The molecule has 2 amide bonds. The van der Waals surface area contributed by atoms with Crippen LogP contribution < -0.4 is 20.6 Å². The number of hydrogen-bond donors (Lipinski definition) is 1. The highest BCUT2D eigenvalue weighted by Crippen LogP contribution is 2.40. The monoisotopic (exact) mass is 493 g/mol. The van der Waals surface area contributed by atoms with Gasteiger partial charge in [0.1, 0.15) is 11.8 Å². The smallest absolute Gasteiger partial charge is 0.347 e. The number of nitrogens with one attached hydrogen (secondary N) is 1. The predicted molar refractivity (Wildman–Crippen MR) is 131 cm³/mol. The highest BCUT2D eigenvalue weighted by atomic mass is 35.5. The number of allylic oxidation sites excluding steroid dienone is 1. The number of pyridine rings is 1. The maximum atomic E-state index is 12.6. The van der Waals surface area contributed by atoms with Crippen LogP contribution in [0.3, 0.4) is 0 Å². The van der Waals surface area contributed by atoms with Crippen LogP contribution in [0, 0.1) is 18.3 Å². The van der Waals surface area contributed by atoms with E-state index >= 15 is 0 Å². The maximum Gasteiger partial charge on any atom is 0.347 e. The topological polar surface area (TPSA) is 99.7 Å². The standard InChI is InChI=1S/C24H17Cl2N5O3/c1-14-8-18(13-30(23(14)32)12-16-6-4-3-5-7-16)34-22-19(25)9-17(10-20(22)26)31-24(33)28-15(2)21(11-27)29-31/h3-10,13H,2,12H2,1H3,(H,28,33). The number of benzene rings is 2. The Kier molecular flexibility index (Phi) is 6.41. The van der Waals surface area contributed by atoms with E-state index in [1.165, 1.54) is 12.1 Å². The van der Waals surface area contributed by atoms with Crippen LogP contribution in [0.15, 0.2) is 76.9 Å². The van der Waals surface area contributed by atoms with Gasteiger partial charge in [0.25, 0.3) is 5.56 Å². The van der Waals surface area contributed by atoms with Gasteiger partial charge in [-0.3, -0.25) is 4.79 Å². The van der Waals surface area contributed by atoms with E-state index in [1.807, 2.05) is 36.4 Å². The van der Waals surface area contributed by atoms with E-state index < -0.39 is 6.03 Å². The molecule has 0 fully saturated rings. The van der Waals surface area contributed by atoms with E-state index in [0.29, 0.717) is 17.9 Å². The van der Waals surface area contributed by atoms with Crippen LogP contribution >= 0.6 is 23.2 Å². The van der Waals surface area contributed by atoms with E-state index in [1.54, 1.807) is 23.8 Å². The van der Waals surface area contributed by atoms with Crippen molar-refractivity contribution >= 4 is 40.6 Å². The van der Waals surface area contributed by atoms with Crippen LogP contribution in [0.1, 0.15) is 11.1 Å². The first-order valence-corrected chi connectivity index (χ1v) is 10.7. The molecule has 1 N–H and O–H groups in total. The van der Waals surface area contributed by atoms with Crippen molar-refractivity contribution in [2.24, 2.45) is 5.10 Å². The molecule has 0 spiro atoms. The second-order valence-corrected chi connectivity index (χ2v) is 8.21. The number of aromatic nitrogens is 1. The summed E-state index contributed by atoms with van der Waals surface area (Å²) in [4.78, 5) is 24.9. The minimum atomic E-state index is -0.617. The number of rotatable bonds is 5. The summed E-state index contributed by atoms with van der Waals surface area (Å²) >= 11 is 12.8. The van der Waals surface area contributed by atoms with Gasteiger partial charge >= 0.3 is 6.03 Å². The molecular weight excluding hydrogens is 477 g/mol. The van der Waals surface area contributed by atoms with Gasteiger partial charge < -0.3 is 14.6 Å². The number of hydrazone groups is 1. The molecule has 1 aliphatic rings. The van der Waals surface area contributed by atoms with Crippen LogP contribution in [-0.2, 0) is 6.54 Å². The predicted octanol–water partition coefficient (Wildman–Crippen LogP) is 5.23. The van der Waals surface area contributed by atoms with E-state index in [4.69, 9.17) is 27.9 Å². The van der Waals surface area contributed by atoms with Gasteiger partial charge in [-0.05, 0) is 30.7 Å². The molecule has 0 aliphatic carbocycles. The first-order chi connectivity index (χ1) is 16.3. The number of carbonyl (C=O) groups excluding carboxylic acids is 1. The van der Waals surface area contributed by atoms with Crippen LogP contribution in [0.4, 0.5) is 10.5 Å². The van der Waals surface area contributed by atoms with Crippen molar-refractivity contribution in [2.45, 2.75) is 13.5 Å². The molecule has 2 heterocycles. The van der Waals surface area contributed by atoms with E-state index in [9.17, 15) is 14.9 Å². The second-order valence-electron chi connectivity index (χ2n) is 7.40. The van der Waals surface area contributed by atoms with Crippen molar-refractivity contribution in [3.63, 3.8) is 0 Å². The zero-order valence-corrected chi connectivity index (χ0v) is 19.4. The van der Waals surface area contributed by atoms with Gasteiger partial charge in [0.2, 0.25) is 0 Å². The first-order valence-electron chi connectivity index (χ1n) is 9.98. The molecular formula is C24H17Cl2N5O3. The minimum absolute atomic E-state index is 0.0525. The van der Waals surface area contributed by atoms with E-state index in [2.05, 4.69) is 17.0 Å². The Labute approximate surface area is 204 Å². The van der Waals surface area contributed by atoms with Gasteiger partial charge in [-0.2, -0.15) is 15.4 Å². The molecule has 0 bridgehead atoms. The minimum Gasteiger partial charge on any atom is -0.453 e. The number of urea groups is 1. The van der Waals surface area contributed by atoms with Gasteiger partial charge in [-0.15, -0.1) is 0 Å². The molecule has 0 radical (unpaired) electrons. The van der Waals surface area contributed by atoms with Crippen LogP contribution in [0.25, 0.3) is 0 Å². The van der Waals surface area contributed by atoms with Gasteiger partial charge in [0.15, 0.2) is 11.5 Å². The summed E-state index contributed by atoms with van der Waals surface area (Å²) in [6.07, 6.45) is 1.58. The lowest BCUT2D eigenvalue weighted by atomic mass is 10.2. The van der Waals surface area contributed by atoms with Crippen molar-refractivity contribution < 1.29 is 9.53 Å². The number of hydrogen-bond acceptors (Lipinski definition) is 5. The number of nitrogens with zero attached hydrogens (tertiary/aromatic N) is 4. The van der Waals surface area contributed by atoms with Gasteiger partial charge in [0, 0.05) is 5.56 Å². The molecule has 1 aliphatic heterocycles. The molecule has 0 saturated heterocycles. The summed E-state index contributed by atoms with van der Waals surface area (Å²) in [5, 5.41) is 16.8. The Hall–Kier alpha value is -4.06. The molecule has 0 unspecified atom stereocenters. The Bertz CT molecular complexity index is 1420. The molecule has 170 valence electrons. The zero-order valence-electron chi connectivity index (χ0n) is 17.9. The number of carbonyl (C=O) groups is 1.